The fraction of sp³-hybridized carbons (Fsp3) is 0.257. The number of anilines is 1. The summed E-state index contributed by atoms with van der Waals surface area (Å²) in [6.07, 6.45) is 1.95. The largest absolute Gasteiger partial charge is 0.497 e. The van der Waals surface area contributed by atoms with Crippen molar-refractivity contribution in [3.63, 3.8) is 0 Å². The number of carbonyl (C=O) groups is 2. The van der Waals surface area contributed by atoms with E-state index in [1.807, 2.05) is 61.5 Å². The normalized spacial score (nSPS) is 11.8. The molecular formula is C35H38BrN3O5S. The number of rotatable bonds is 15. The van der Waals surface area contributed by atoms with Crippen molar-refractivity contribution in [2.45, 2.75) is 43.7 Å². The van der Waals surface area contributed by atoms with Crippen LogP contribution in [-0.2, 0) is 32.6 Å². The van der Waals surface area contributed by atoms with Crippen LogP contribution in [0.1, 0.15) is 30.9 Å². The molecule has 1 N–H and O–H groups in total. The van der Waals surface area contributed by atoms with Crippen LogP contribution in [0.4, 0.5) is 5.69 Å². The molecule has 0 aliphatic heterocycles. The molecule has 0 fully saturated rings. The smallest absolute Gasteiger partial charge is 0.264 e. The van der Waals surface area contributed by atoms with Crippen molar-refractivity contribution in [3.8, 4) is 5.75 Å². The Labute approximate surface area is 274 Å². The number of benzene rings is 4. The summed E-state index contributed by atoms with van der Waals surface area (Å²) >= 11 is 3.51. The van der Waals surface area contributed by atoms with E-state index in [1.54, 1.807) is 42.5 Å². The van der Waals surface area contributed by atoms with Crippen LogP contribution in [0.5, 0.6) is 5.75 Å². The van der Waals surface area contributed by atoms with Crippen LogP contribution in [0.15, 0.2) is 119 Å². The van der Waals surface area contributed by atoms with Crippen LogP contribution in [0, 0.1) is 0 Å². The molecule has 0 radical (unpaired) electrons. The summed E-state index contributed by atoms with van der Waals surface area (Å²) < 4.78 is 35.3. The minimum Gasteiger partial charge on any atom is -0.497 e. The highest BCUT2D eigenvalue weighted by Crippen LogP contribution is 2.27. The fourth-order valence-electron chi connectivity index (χ4n) is 4.89. The van der Waals surface area contributed by atoms with Gasteiger partial charge in [-0.05, 0) is 66.1 Å². The van der Waals surface area contributed by atoms with Gasteiger partial charge in [0.2, 0.25) is 11.8 Å². The van der Waals surface area contributed by atoms with E-state index in [2.05, 4.69) is 21.2 Å². The van der Waals surface area contributed by atoms with Gasteiger partial charge >= 0.3 is 0 Å². The highest BCUT2D eigenvalue weighted by molar-refractivity contribution is 9.10. The molecule has 0 saturated heterocycles. The lowest BCUT2D eigenvalue weighted by Gasteiger charge is -2.34. The first-order chi connectivity index (χ1) is 21.7. The number of methoxy groups -OCH3 is 1. The lowest BCUT2D eigenvalue weighted by Crippen LogP contribution is -2.53. The van der Waals surface area contributed by atoms with Crippen molar-refractivity contribution in [3.05, 3.63) is 125 Å². The summed E-state index contributed by atoms with van der Waals surface area (Å²) in [6, 6.07) is 30.6. The zero-order valence-electron chi connectivity index (χ0n) is 25.4. The molecule has 2 amide bonds. The minimum absolute atomic E-state index is 0.0466. The Morgan fingerprint density at radius 1 is 0.867 bits per heavy atom. The van der Waals surface area contributed by atoms with Crippen molar-refractivity contribution in [2.75, 3.05) is 24.5 Å². The molecule has 4 rings (SSSR count). The predicted octanol–water partition coefficient (Wildman–Crippen LogP) is 6.21. The van der Waals surface area contributed by atoms with Crippen molar-refractivity contribution >= 4 is 43.5 Å². The number of carbonyl (C=O) groups excluding carboxylic acids is 2. The molecule has 8 nitrogen and oxygen atoms in total. The van der Waals surface area contributed by atoms with E-state index < -0.39 is 28.5 Å². The van der Waals surface area contributed by atoms with Gasteiger partial charge in [-0.3, -0.25) is 13.9 Å². The molecule has 4 aromatic carbocycles. The maximum atomic E-state index is 14.5. The van der Waals surface area contributed by atoms with E-state index >= 15 is 0 Å². The van der Waals surface area contributed by atoms with Gasteiger partial charge in [-0.25, -0.2) is 8.42 Å². The molecule has 1 unspecified atom stereocenters. The summed E-state index contributed by atoms with van der Waals surface area (Å²) in [4.78, 5) is 29.8. The van der Waals surface area contributed by atoms with Gasteiger partial charge in [0.05, 0.1) is 17.7 Å². The zero-order valence-corrected chi connectivity index (χ0v) is 27.8. The van der Waals surface area contributed by atoms with Crippen LogP contribution in [-0.4, -0.2) is 51.4 Å². The van der Waals surface area contributed by atoms with Crippen molar-refractivity contribution in [2.24, 2.45) is 0 Å². The van der Waals surface area contributed by atoms with E-state index in [1.165, 1.54) is 24.1 Å². The predicted molar refractivity (Wildman–Crippen MR) is 181 cm³/mol. The number of nitrogens with zero attached hydrogens (tertiary/aromatic N) is 2. The van der Waals surface area contributed by atoms with Gasteiger partial charge in [-0.2, -0.15) is 0 Å². The molecule has 0 spiro atoms. The van der Waals surface area contributed by atoms with Gasteiger partial charge in [-0.1, -0.05) is 89.9 Å². The van der Waals surface area contributed by atoms with Gasteiger partial charge in [-0.15, -0.1) is 0 Å². The topological polar surface area (TPSA) is 96.0 Å². The van der Waals surface area contributed by atoms with Gasteiger partial charge in [0, 0.05) is 24.0 Å². The van der Waals surface area contributed by atoms with Crippen LogP contribution in [0.2, 0.25) is 0 Å². The van der Waals surface area contributed by atoms with Crippen molar-refractivity contribution in [1.82, 2.24) is 10.2 Å². The lowest BCUT2D eigenvalue weighted by atomic mass is 10.0. The molecule has 0 aromatic heterocycles. The SMILES string of the molecule is CCCCNC(=O)C(Cc1ccccc1)N(Cc1cccc(Br)c1)C(=O)CN(c1ccc(OC)cc1)S(=O)(=O)c1ccccc1. The second kappa shape index (κ2) is 16.2. The highest BCUT2D eigenvalue weighted by Gasteiger charge is 2.34. The third kappa shape index (κ3) is 9.18. The number of amides is 2. The Bertz CT molecular complexity index is 1650. The number of halogens is 1. The monoisotopic (exact) mass is 691 g/mol. The van der Waals surface area contributed by atoms with E-state index in [0.717, 1.165) is 32.7 Å². The van der Waals surface area contributed by atoms with Crippen molar-refractivity contribution < 1.29 is 22.7 Å². The average Bonchev–Trinajstić information content (AvgIpc) is 3.06. The Kier molecular flexibility index (Phi) is 12.2. The first-order valence-corrected chi connectivity index (χ1v) is 17.0. The van der Waals surface area contributed by atoms with Crippen molar-refractivity contribution in [1.29, 1.82) is 0 Å². The molecule has 4 aromatic rings. The summed E-state index contributed by atoms with van der Waals surface area (Å²) in [7, 11) is -2.64. The Morgan fingerprint density at radius 3 is 2.13 bits per heavy atom. The lowest BCUT2D eigenvalue weighted by molar-refractivity contribution is -0.140. The molecular weight excluding hydrogens is 654 g/mol. The number of unbranched alkanes of at least 4 members (excludes halogenated alkanes) is 1. The van der Waals surface area contributed by atoms with E-state index in [-0.39, 0.29) is 23.8 Å². The number of hydrogen-bond donors (Lipinski definition) is 1. The third-order valence-corrected chi connectivity index (χ3v) is 9.59. The maximum absolute atomic E-state index is 14.5. The van der Waals surface area contributed by atoms with Gasteiger partial charge < -0.3 is 15.0 Å². The average molecular weight is 693 g/mol. The Balaban J connectivity index is 1.78. The van der Waals surface area contributed by atoms with Gasteiger partial charge in [0.1, 0.15) is 18.3 Å². The molecule has 0 saturated carbocycles. The molecule has 0 bridgehead atoms. The highest BCUT2D eigenvalue weighted by atomic mass is 79.9. The standard InChI is InChI=1S/C35H38BrN3O5S/c1-3-4-22-37-35(41)33(24-27-12-7-5-8-13-27)38(25-28-14-11-15-29(36)23-28)34(40)26-39(30-18-20-31(44-2)21-19-30)45(42,43)32-16-9-6-10-17-32/h5-21,23,33H,3-4,22,24-26H2,1-2H3,(H,37,41). The van der Waals surface area contributed by atoms with E-state index in [0.29, 0.717) is 18.0 Å². The molecule has 45 heavy (non-hydrogen) atoms. The zero-order chi connectivity index (χ0) is 32.2. The number of ether oxygens (including phenoxy) is 1. The Hall–Kier alpha value is -4.15. The maximum Gasteiger partial charge on any atom is 0.264 e. The van der Waals surface area contributed by atoms with Gasteiger partial charge in [0.15, 0.2) is 0 Å². The molecule has 0 aliphatic rings. The van der Waals surface area contributed by atoms with Crippen LogP contribution < -0.4 is 14.4 Å². The van der Waals surface area contributed by atoms with Crippen LogP contribution in [0.25, 0.3) is 0 Å². The first kappa shape index (κ1) is 33.7. The van der Waals surface area contributed by atoms with Crippen LogP contribution in [0.3, 0.4) is 0 Å². The summed E-state index contributed by atoms with van der Waals surface area (Å²) in [6.45, 7) is 2.08. The fourth-order valence-corrected chi connectivity index (χ4v) is 6.77. The van der Waals surface area contributed by atoms with Gasteiger partial charge in [0.25, 0.3) is 10.0 Å². The molecule has 1 atom stereocenters. The van der Waals surface area contributed by atoms with E-state index in [9.17, 15) is 18.0 Å². The molecule has 0 heterocycles. The quantitative estimate of drug-likeness (QED) is 0.150. The minimum atomic E-state index is -4.17. The summed E-state index contributed by atoms with van der Waals surface area (Å²) in [5.74, 6) is -0.264. The first-order valence-electron chi connectivity index (χ1n) is 14.8. The summed E-state index contributed by atoms with van der Waals surface area (Å²) in [5.41, 5.74) is 1.96. The number of sulfonamides is 1. The molecule has 10 heteroatoms. The second-order valence-corrected chi connectivity index (χ2v) is 13.3. The Morgan fingerprint density at radius 2 is 1.51 bits per heavy atom. The molecule has 0 aliphatic carbocycles. The summed E-state index contributed by atoms with van der Waals surface area (Å²) in [5, 5.41) is 3.00. The number of nitrogens with one attached hydrogen (secondary N) is 1. The van der Waals surface area contributed by atoms with Crippen LogP contribution >= 0.6 is 15.9 Å². The second-order valence-electron chi connectivity index (χ2n) is 10.5. The number of hydrogen-bond acceptors (Lipinski definition) is 5. The third-order valence-electron chi connectivity index (χ3n) is 7.31. The van der Waals surface area contributed by atoms with E-state index in [4.69, 9.17) is 4.74 Å². The molecule has 236 valence electrons.